The van der Waals surface area contributed by atoms with Crippen molar-refractivity contribution in [3.63, 3.8) is 0 Å². The number of nitro groups is 1. The van der Waals surface area contributed by atoms with Gasteiger partial charge in [-0.1, -0.05) is 12.1 Å². The summed E-state index contributed by atoms with van der Waals surface area (Å²) in [7, 11) is 0. The maximum atomic E-state index is 12.9. The quantitative estimate of drug-likeness (QED) is 0.387. The molecule has 0 aliphatic heterocycles. The third-order valence-electron chi connectivity index (χ3n) is 3.93. The smallest absolute Gasteiger partial charge is 0.425 e. The first-order chi connectivity index (χ1) is 12.9. The Kier molecular flexibility index (Phi) is 4.89. The van der Waals surface area contributed by atoms with Gasteiger partial charge in [0, 0.05) is 18.9 Å². The topological polar surface area (TPSA) is 105 Å². The fraction of sp³-hybridized carbons (Fsp3) is 0.158. The number of benzene rings is 1. The predicted molar refractivity (Wildman–Crippen MR) is 99.5 cm³/mol. The van der Waals surface area contributed by atoms with Gasteiger partial charge in [-0.25, -0.2) is 0 Å². The zero-order valence-corrected chi connectivity index (χ0v) is 14.7. The molecule has 8 nitrogen and oxygen atoms in total. The fourth-order valence-electron chi connectivity index (χ4n) is 2.81. The molecule has 0 aliphatic rings. The van der Waals surface area contributed by atoms with E-state index in [-0.39, 0.29) is 22.6 Å². The molecule has 138 valence electrons. The lowest BCUT2D eigenvalue weighted by Gasteiger charge is -2.14. The molecule has 0 N–H and O–H groups in total. The average molecular weight is 368 g/mol. The molecule has 27 heavy (non-hydrogen) atoms. The number of pyridine rings is 1. The van der Waals surface area contributed by atoms with Gasteiger partial charge in [-0.3, -0.25) is 19.7 Å². The van der Waals surface area contributed by atoms with E-state index < -0.39 is 16.8 Å². The molecule has 0 aliphatic carbocycles. The lowest BCUT2D eigenvalue weighted by molar-refractivity contribution is -0.402. The number of fused-ring (bicyclic) bond motifs is 1. The van der Waals surface area contributed by atoms with E-state index in [1.165, 1.54) is 31.2 Å². The van der Waals surface area contributed by atoms with Crippen LogP contribution in [0.5, 0.6) is 5.75 Å². The number of hydrogen-bond acceptors (Lipinski definition) is 6. The summed E-state index contributed by atoms with van der Waals surface area (Å²) in [6.07, 6.45) is 2.85. The fourth-order valence-corrected chi connectivity index (χ4v) is 2.81. The first-order valence-electron chi connectivity index (χ1n) is 8.18. The van der Waals surface area contributed by atoms with Crippen LogP contribution in [0.3, 0.4) is 0 Å². The number of carbonyl (C=O) groups excluding carboxylic acids is 1. The Labute approximate surface area is 153 Å². The van der Waals surface area contributed by atoms with E-state index in [0.29, 0.717) is 17.4 Å². The Morgan fingerprint density at radius 2 is 2.00 bits per heavy atom. The van der Waals surface area contributed by atoms with Gasteiger partial charge in [0.25, 0.3) is 5.56 Å². The Bertz CT molecular complexity index is 1120. The molecule has 0 spiro atoms. The van der Waals surface area contributed by atoms with Gasteiger partial charge < -0.3 is 13.7 Å². The molecule has 0 unspecified atom stereocenters. The van der Waals surface area contributed by atoms with Gasteiger partial charge in [0.1, 0.15) is 10.7 Å². The van der Waals surface area contributed by atoms with Crippen molar-refractivity contribution in [2.45, 2.75) is 20.4 Å². The molecular weight excluding hydrogens is 352 g/mol. The van der Waals surface area contributed by atoms with Crippen LogP contribution < -0.4 is 10.3 Å². The summed E-state index contributed by atoms with van der Waals surface area (Å²) in [5.74, 6) is -0.618. The van der Waals surface area contributed by atoms with Crippen molar-refractivity contribution in [2.75, 3.05) is 0 Å². The van der Waals surface area contributed by atoms with E-state index >= 15 is 0 Å². The third-order valence-corrected chi connectivity index (χ3v) is 3.93. The summed E-state index contributed by atoms with van der Waals surface area (Å²) in [4.78, 5) is 34.6. The van der Waals surface area contributed by atoms with Crippen LogP contribution in [0.25, 0.3) is 23.1 Å². The highest BCUT2D eigenvalue weighted by molar-refractivity contribution is 5.92. The van der Waals surface area contributed by atoms with Crippen LogP contribution in [0, 0.1) is 10.1 Å². The second-order valence-electron chi connectivity index (χ2n) is 5.67. The van der Waals surface area contributed by atoms with Crippen molar-refractivity contribution in [2.24, 2.45) is 0 Å². The molecule has 8 heteroatoms. The van der Waals surface area contributed by atoms with E-state index in [4.69, 9.17) is 9.15 Å². The molecule has 2 aromatic heterocycles. The van der Waals surface area contributed by atoms with E-state index in [9.17, 15) is 19.7 Å². The lowest BCUT2D eigenvalue weighted by Crippen LogP contribution is -2.23. The molecule has 0 amide bonds. The number of aryl methyl sites for hydroxylation is 1. The van der Waals surface area contributed by atoms with Crippen molar-refractivity contribution < 1.29 is 18.9 Å². The minimum absolute atomic E-state index is 0.144. The van der Waals surface area contributed by atoms with Gasteiger partial charge in [0.15, 0.2) is 5.75 Å². The first-order valence-corrected chi connectivity index (χ1v) is 8.18. The van der Waals surface area contributed by atoms with Crippen LogP contribution in [0.1, 0.15) is 25.2 Å². The van der Waals surface area contributed by atoms with Crippen molar-refractivity contribution in [3.8, 4) is 5.75 Å². The van der Waals surface area contributed by atoms with Gasteiger partial charge >= 0.3 is 11.9 Å². The van der Waals surface area contributed by atoms with E-state index in [1.54, 1.807) is 28.8 Å². The molecule has 0 bridgehead atoms. The standard InChI is InChI=1S/C19H16N2O6/c1-3-20-16-7-5-4-6-14(16)18(26-12(2)22)15(19(20)23)10-8-13-9-11-17(27-13)21(24)25/h4-11H,3H2,1-2H3. The largest absolute Gasteiger partial charge is 0.433 e. The zero-order valence-electron chi connectivity index (χ0n) is 14.7. The molecule has 0 saturated heterocycles. The summed E-state index contributed by atoms with van der Waals surface area (Å²) < 4.78 is 12.0. The van der Waals surface area contributed by atoms with Crippen molar-refractivity contribution in [1.29, 1.82) is 0 Å². The highest BCUT2D eigenvalue weighted by Gasteiger charge is 2.17. The van der Waals surface area contributed by atoms with Crippen molar-refractivity contribution >= 4 is 34.9 Å². The highest BCUT2D eigenvalue weighted by Crippen LogP contribution is 2.29. The minimum Gasteiger partial charge on any atom is -0.425 e. The number of carbonyl (C=O) groups is 1. The van der Waals surface area contributed by atoms with Crippen molar-refractivity contribution in [1.82, 2.24) is 4.57 Å². The van der Waals surface area contributed by atoms with Crippen LogP contribution in [-0.2, 0) is 11.3 Å². The molecule has 2 heterocycles. The maximum absolute atomic E-state index is 12.9. The summed E-state index contributed by atoms with van der Waals surface area (Å²) in [5, 5.41) is 11.3. The summed E-state index contributed by atoms with van der Waals surface area (Å²) in [5.41, 5.74) is 0.460. The Hall–Kier alpha value is -3.68. The van der Waals surface area contributed by atoms with Crippen LogP contribution in [0.4, 0.5) is 5.88 Å². The number of esters is 1. The summed E-state index contributed by atoms with van der Waals surface area (Å²) in [6.45, 7) is 3.51. The number of nitrogens with zero attached hydrogens (tertiary/aromatic N) is 2. The number of rotatable bonds is 5. The molecule has 0 saturated carbocycles. The minimum atomic E-state index is -0.651. The van der Waals surface area contributed by atoms with Gasteiger partial charge in [0.05, 0.1) is 17.1 Å². The van der Waals surface area contributed by atoms with Gasteiger partial charge in [-0.15, -0.1) is 0 Å². The number of para-hydroxylation sites is 1. The predicted octanol–water partition coefficient (Wildman–Crippen LogP) is 3.62. The summed E-state index contributed by atoms with van der Waals surface area (Å²) in [6, 6.07) is 9.74. The molecule has 0 atom stereocenters. The van der Waals surface area contributed by atoms with Crippen LogP contribution >= 0.6 is 0 Å². The Morgan fingerprint density at radius 1 is 1.26 bits per heavy atom. The second kappa shape index (κ2) is 7.28. The maximum Gasteiger partial charge on any atom is 0.433 e. The van der Waals surface area contributed by atoms with E-state index in [0.717, 1.165) is 0 Å². The molecule has 0 fully saturated rings. The van der Waals surface area contributed by atoms with Crippen LogP contribution in [0.15, 0.2) is 45.6 Å². The third kappa shape index (κ3) is 3.50. The Balaban J connectivity index is 2.21. The van der Waals surface area contributed by atoms with Gasteiger partial charge in [0.2, 0.25) is 0 Å². The van der Waals surface area contributed by atoms with E-state index in [2.05, 4.69) is 0 Å². The normalized spacial score (nSPS) is 11.2. The van der Waals surface area contributed by atoms with Crippen LogP contribution in [-0.4, -0.2) is 15.5 Å². The van der Waals surface area contributed by atoms with E-state index in [1.807, 2.05) is 6.92 Å². The molecule has 3 rings (SSSR count). The zero-order chi connectivity index (χ0) is 19.6. The number of ether oxygens (including phenoxy) is 1. The van der Waals surface area contributed by atoms with Gasteiger partial charge in [-0.2, -0.15) is 0 Å². The van der Waals surface area contributed by atoms with Crippen LogP contribution in [0.2, 0.25) is 0 Å². The average Bonchev–Trinajstić information content (AvgIpc) is 3.10. The Morgan fingerprint density at radius 3 is 2.63 bits per heavy atom. The monoisotopic (exact) mass is 368 g/mol. The number of furan rings is 1. The first kappa shape index (κ1) is 18.1. The number of aromatic nitrogens is 1. The highest BCUT2D eigenvalue weighted by atomic mass is 16.6. The molecule has 0 radical (unpaired) electrons. The second-order valence-corrected chi connectivity index (χ2v) is 5.67. The lowest BCUT2D eigenvalue weighted by atomic mass is 10.1. The molecular formula is C19H16N2O6. The number of hydrogen-bond donors (Lipinski definition) is 0. The van der Waals surface area contributed by atoms with Gasteiger partial charge in [-0.05, 0) is 37.3 Å². The SMILES string of the molecule is CCn1c(=O)c(C=Cc2ccc([N+](=O)[O-])o2)c(OC(C)=O)c2ccccc21. The molecule has 3 aromatic rings. The summed E-state index contributed by atoms with van der Waals surface area (Å²) >= 11 is 0. The van der Waals surface area contributed by atoms with Crippen molar-refractivity contribution in [3.05, 3.63) is 68.2 Å². The molecule has 1 aromatic carbocycles.